The van der Waals surface area contributed by atoms with Crippen molar-refractivity contribution in [3.8, 4) is 0 Å². The summed E-state index contributed by atoms with van der Waals surface area (Å²) in [6.45, 7) is 8.32. The number of aliphatic hydroxyl groups is 1. The van der Waals surface area contributed by atoms with E-state index >= 15 is 0 Å². The molecule has 2 N–H and O–H groups in total. The van der Waals surface area contributed by atoms with E-state index < -0.39 is 0 Å². The van der Waals surface area contributed by atoms with Gasteiger partial charge in [-0.25, -0.2) is 0 Å². The highest BCUT2D eigenvalue weighted by Crippen LogP contribution is 2.40. The molecule has 1 aliphatic carbocycles. The second-order valence-electron chi connectivity index (χ2n) is 6.01. The molecule has 0 aromatic carbocycles. The number of ether oxygens (including phenoxy) is 1. The van der Waals surface area contributed by atoms with Crippen LogP contribution in [0.15, 0.2) is 0 Å². The van der Waals surface area contributed by atoms with Crippen LogP contribution in [-0.4, -0.2) is 37.5 Å². The second kappa shape index (κ2) is 5.99. The van der Waals surface area contributed by atoms with Crippen LogP contribution in [0.3, 0.4) is 0 Å². The number of rotatable bonds is 6. The highest BCUT2D eigenvalue weighted by Gasteiger charge is 2.36. The van der Waals surface area contributed by atoms with E-state index in [1.54, 1.807) is 7.11 Å². The van der Waals surface area contributed by atoms with Gasteiger partial charge in [0, 0.05) is 13.2 Å². The van der Waals surface area contributed by atoms with Crippen LogP contribution in [0.1, 0.15) is 40.0 Å². The molecule has 0 aromatic heterocycles. The van der Waals surface area contributed by atoms with E-state index in [1.807, 2.05) is 0 Å². The van der Waals surface area contributed by atoms with Crippen LogP contribution in [-0.2, 0) is 4.74 Å². The molecule has 0 amide bonds. The van der Waals surface area contributed by atoms with Crippen molar-refractivity contribution in [1.82, 2.24) is 5.32 Å². The first kappa shape index (κ1) is 13.9. The van der Waals surface area contributed by atoms with Crippen molar-refractivity contribution in [1.29, 1.82) is 0 Å². The van der Waals surface area contributed by atoms with Crippen LogP contribution in [0.2, 0.25) is 0 Å². The number of hydrogen-bond acceptors (Lipinski definition) is 3. The predicted octanol–water partition coefficient (Wildman–Crippen LogP) is 1.80. The van der Waals surface area contributed by atoms with Crippen LogP contribution in [0.4, 0.5) is 0 Å². The molecule has 0 aliphatic heterocycles. The van der Waals surface area contributed by atoms with Crippen LogP contribution in [0.25, 0.3) is 0 Å². The van der Waals surface area contributed by atoms with E-state index in [9.17, 15) is 5.11 Å². The molecule has 1 saturated carbocycles. The van der Waals surface area contributed by atoms with Crippen LogP contribution < -0.4 is 5.32 Å². The van der Waals surface area contributed by atoms with Gasteiger partial charge < -0.3 is 15.2 Å². The van der Waals surface area contributed by atoms with Gasteiger partial charge in [0.2, 0.25) is 0 Å². The molecule has 3 heteroatoms. The minimum Gasteiger partial charge on any atom is -0.391 e. The molecule has 0 radical (unpaired) electrons. The zero-order chi connectivity index (χ0) is 12.2. The average molecular weight is 229 g/mol. The summed E-state index contributed by atoms with van der Waals surface area (Å²) in [5, 5.41) is 13.1. The van der Waals surface area contributed by atoms with Crippen LogP contribution in [0, 0.1) is 11.3 Å². The summed E-state index contributed by atoms with van der Waals surface area (Å²) in [5.41, 5.74) is 0.474. The van der Waals surface area contributed by atoms with Gasteiger partial charge in [-0.1, -0.05) is 20.8 Å². The van der Waals surface area contributed by atoms with E-state index in [4.69, 9.17) is 4.74 Å². The lowest BCUT2D eigenvalue weighted by Gasteiger charge is -2.19. The summed E-state index contributed by atoms with van der Waals surface area (Å²) in [5.74, 6) is 0.745. The fourth-order valence-electron chi connectivity index (χ4n) is 2.88. The molecule has 96 valence electrons. The molecule has 1 fully saturated rings. The summed E-state index contributed by atoms with van der Waals surface area (Å²) in [6, 6.07) is 0.616. The summed E-state index contributed by atoms with van der Waals surface area (Å²) >= 11 is 0. The molecule has 16 heavy (non-hydrogen) atoms. The van der Waals surface area contributed by atoms with Gasteiger partial charge in [-0.05, 0) is 37.1 Å². The fourth-order valence-corrected chi connectivity index (χ4v) is 2.88. The van der Waals surface area contributed by atoms with Crippen molar-refractivity contribution in [2.45, 2.75) is 52.2 Å². The molecule has 3 atom stereocenters. The number of hydrogen-bond donors (Lipinski definition) is 2. The fraction of sp³-hybridized carbons (Fsp3) is 1.00. The van der Waals surface area contributed by atoms with Gasteiger partial charge in [-0.15, -0.1) is 0 Å². The van der Waals surface area contributed by atoms with Gasteiger partial charge in [0.1, 0.15) is 0 Å². The lowest BCUT2D eigenvalue weighted by Crippen LogP contribution is -2.34. The Labute approximate surface area is 99.6 Å². The third-order valence-corrected chi connectivity index (χ3v) is 3.58. The number of methoxy groups -OCH3 is 1. The second-order valence-corrected chi connectivity index (χ2v) is 6.01. The quantitative estimate of drug-likeness (QED) is 0.730. The van der Waals surface area contributed by atoms with Crippen LogP contribution >= 0.6 is 0 Å². The molecule has 0 aromatic rings. The Morgan fingerprint density at radius 1 is 1.44 bits per heavy atom. The van der Waals surface area contributed by atoms with E-state index in [-0.39, 0.29) is 6.10 Å². The van der Waals surface area contributed by atoms with Crippen molar-refractivity contribution in [3.05, 3.63) is 0 Å². The topological polar surface area (TPSA) is 41.5 Å². The SMILES string of the molecule is COC[C@H](O)CCN[C@H]1CC(C)(C)C[C@@H]1C. The lowest BCUT2D eigenvalue weighted by molar-refractivity contribution is 0.0587. The molecule has 0 spiro atoms. The molecular formula is C13H27NO2. The van der Waals surface area contributed by atoms with E-state index in [0.717, 1.165) is 18.9 Å². The third kappa shape index (κ3) is 4.40. The maximum absolute atomic E-state index is 9.53. The van der Waals surface area contributed by atoms with Gasteiger partial charge >= 0.3 is 0 Å². The van der Waals surface area contributed by atoms with Crippen molar-refractivity contribution >= 4 is 0 Å². The smallest absolute Gasteiger partial charge is 0.0785 e. The summed E-state index contributed by atoms with van der Waals surface area (Å²) in [4.78, 5) is 0. The molecule has 0 heterocycles. The van der Waals surface area contributed by atoms with Gasteiger partial charge in [0.25, 0.3) is 0 Å². The maximum atomic E-state index is 9.53. The summed E-state index contributed by atoms with van der Waals surface area (Å²) in [7, 11) is 1.62. The molecule has 0 bridgehead atoms. The largest absolute Gasteiger partial charge is 0.391 e. The lowest BCUT2D eigenvalue weighted by atomic mass is 9.91. The Bertz CT molecular complexity index is 206. The third-order valence-electron chi connectivity index (χ3n) is 3.58. The molecule has 0 unspecified atom stereocenters. The van der Waals surface area contributed by atoms with Gasteiger partial charge in [-0.2, -0.15) is 0 Å². The highest BCUT2D eigenvalue weighted by atomic mass is 16.5. The minimum atomic E-state index is -0.331. The van der Waals surface area contributed by atoms with Gasteiger partial charge in [-0.3, -0.25) is 0 Å². The average Bonchev–Trinajstić information content (AvgIpc) is 2.40. The molecule has 1 rings (SSSR count). The summed E-state index contributed by atoms with van der Waals surface area (Å²) < 4.78 is 4.90. The van der Waals surface area contributed by atoms with E-state index in [2.05, 4.69) is 26.1 Å². The Kier molecular flexibility index (Phi) is 5.22. The van der Waals surface area contributed by atoms with E-state index in [0.29, 0.717) is 18.1 Å². The van der Waals surface area contributed by atoms with Crippen molar-refractivity contribution < 1.29 is 9.84 Å². The Hall–Kier alpha value is -0.120. The molecule has 3 nitrogen and oxygen atoms in total. The van der Waals surface area contributed by atoms with Crippen molar-refractivity contribution in [3.63, 3.8) is 0 Å². The van der Waals surface area contributed by atoms with Gasteiger partial charge in [0.15, 0.2) is 0 Å². The van der Waals surface area contributed by atoms with Crippen LogP contribution in [0.5, 0.6) is 0 Å². The standard InChI is InChI=1S/C13H27NO2/c1-10-7-13(2,3)8-12(10)14-6-5-11(15)9-16-4/h10-12,14-15H,5-9H2,1-4H3/t10-,11+,12-/m0/s1. The first-order chi connectivity index (χ1) is 7.44. The van der Waals surface area contributed by atoms with E-state index in [1.165, 1.54) is 12.8 Å². The normalized spacial score (nSPS) is 30.6. The predicted molar refractivity (Wildman–Crippen MR) is 66.5 cm³/mol. The van der Waals surface area contributed by atoms with Gasteiger partial charge in [0.05, 0.1) is 12.7 Å². The first-order valence-corrected chi connectivity index (χ1v) is 6.35. The number of aliphatic hydroxyl groups excluding tert-OH is 1. The maximum Gasteiger partial charge on any atom is 0.0785 e. The Balaban J connectivity index is 2.18. The number of nitrogens with one attached hydrogen (secondary N) is 1. The monoisotopic (exact) mass is 229 g/mol. The highest BCUT2D eigenvalue weighted by molar-refractivity contribution is 4.91. The summed E-state index contributed by atoms with van der Waals surface area (Å²) in [6.07, 6.45) is 2.99. The Morgan fingerprint density at radius 2 is 2.12 bits per heavy atom. The zero-order valence-electron chi connectivity index (χ0n) is 11.1. The van der Waals surface area contributed by atoms with Crippen molar-refractivity contribution in [2.24, 2.45) is 11.3 Å². The Morgan fingerprint density at radius 3 is 2.62 bits per heavy atom. The molecular weight excluding hydrogens is 202 g/mol. The first-order valence-electron chi connectivity index (χ1n) is 6.35. The molecule has 1 aliphatic rings. The van der Waals surface area contributed by atoms with Crippen molar-refractivity contribution in [2.75, 3.05) is 20.3 Å². The minimum absolute atomic E-state index is 0.331. The molecule has 0 saturated heterocycles. The zero-order valence-corrected chi connectivity index (χ0v) is 11.1.